The van der Waals surface area contributed by atoms with E-state index >= 15 is 0 Å². The van der Waals surface area contributed by atoms with Crippen molar-refractivity contribution in [2.24, 2.45) is 0 Å². The molecule has 5 nitrogen and oxygen atoms in total. The summed E-state index contributed by atoms with van der Waals surface area (Å²) in [4.78, 5) is 12.8. The van der Waals surface area contributed by atoms with Crippen LogP contribution >= 0.6 is 11.6 Å². The molecule has 1 heterocycles. The molecular formula is C26H23ClFN3O2. The number of amides is 1. The standard InChI is InChI=1S/C26H23ClFN3O2/c1-18-24(25(27)31(30-18)23-12-10-22(28)11-13-23)26(32)29-15-20-8-5-9-21(14-20)17-33-16-19-6-3-2-4-7-19/h2-14H,15-17H2,1H3,(H,29,32). The molecule has 3 aromatic carbocycles. The van der Waals surface area contributed by atoms with Gasteiger partial charge in [-0.15, -0.1) is 0 Å². The van der Waals surface area contributed by atoms with Crippen LogP contribution in [0.4, 0.5) is 4.39 Å². The molecule has 4 aromatic rings. The Kier molecular flexibility index (Phi) is 7.17. The van der Waals surface area contributed by atoms with Crippen molar-refractivity contribution in [1.82, 2.24) is 15.1 Å². The van der Waals surface area contributed by atoms with Crippen molar-refractivity contribution < 1.29 is 13.9 Å². The molecule has 0 fully saturated rings. The largest absolute Gasteiger partial charge is 0.372 e. The van der Waals surface area contributed by atoms with Gasteiger partial charge < -0.3 is 10.1 Å². The average molecular weight is 464 g/mol. The fourth-order valence-corrected chi connectivity index (χ4v) is 3.83. The lowest BCUT2D eigenvalue weighted by molar-refractivity contribution is 0.0950. The summed E-state index contributed by atoms with van der Waals surface area (Å²) in [6.07, 6.45) is 0. The minimum atomic E-state index is -0.357. The number of aromatic nitrogens is 2. The van der Waals surface area contributed by atoms with Crippen molar-refractivity contribution in [3.63, 3.8) is 0 Å². The molecule has 0 aliphatic heterocycles. The van der Waals surface area contributed by atoms with Gasteiger partial charge >= 0.3 is 0 Å². The van der Waals surface area contributed by atoms with Crippen LogP contribution in [-0.2, 0) is 24.5 Å². The first-order chi connectivity index (χ1) is 16.0. The van der Waals surface area contributed by atoms with Gasteiger partial charge in [0.05, 0.1) is 30.2 Å². The highest BCUT2D eigenvalue weighted by atomic mass is 35.5. The quantitative estimate of drug-likeness (QED) is 0.369. The van der Waals surface area contributed by atoms with E-state index in [-0.39, 0.29) is 16.9 Å². The Morgan fingerprint density at radius 1 is 0.970 bits per heavy atom. The van der Waals surface area contributed by atoms with E-state index < -0.39 is 0 Å². The zero-order valence-corrected chi connectivity index (χ0v) is 18.8. The van der Waals surface area contributed by atoms with Gasteiger partial charge in [-0.1, -0.05) is 66.2 Å². The molecule has 0 aliphatic rings. The molecule has 0 spiro atoms. The fourth-order valence-electron chi connectivity index (χ4n) is 3.47. The normalized spacial score (nSPS) is 10.9. The maximum absolute atomic E-state index is 13.2. The fraction of sp³-hybridized carbons (Fsp3) is 0.154. The number of benzene rings is 3. The van der Waals surface area contributed by atoms with E-state index in [1.807, 2.05) is 54.6 Å². The lowest BCUT2D eigenvalue weighted by Gasteiger charge is -2.09. The van der Waals surface area contributed by atoms with E-state index in [0.717, 1.165) is 16.7 Å². The molecule has 4 rings (SSSR count). The second-order valence-corrected chi connectivity index (χ2v) is 7.98. The SMILES string of the molecule is Cc1nn(-c2ccc(F)cc2)c(Cl)c1C(=O)NCc1cccc(COCc2ccccc2)c1. The van der Waals surface area contributed by atoms with Crippen molar-refractivity contribution in [3.8, 4) is 5.69 Å². The molecule has 0 bridgehead atoms. The smallest absolute Gasteiger partial charge is 0.256 e. The Balaban J connectivity index is 1.38. The van der Waals surface area contributed by atoms with Crippen molar-refractivity contribution in [2.75, 3.05) is 0 Å². The van der Waals surface area contributed by atoms with Crippen LogP contribution < -0.4 is 5.32 Å². The molecule has 1 aromatic heterocycles. The van der Waals surface area contributed by atoms with E-state index in [0.29, 0.717) is 36.7 Å². The second-order valence-electron chi connectivity index (χ2n) is 7.62. The van der Waals surface area contributed by atoms with Gasteiger partial charge in [-0.3, -0.25) is 4.79 Å². The van der Waals surface area contributed by atoms with Crippen molar-refractivity contribution in [2.45, 2.75) is 26.7 Å². The maximum Gasteiger partial charge on any atom is 0.256 e. The van der Waals surface area contributed by atoms with E-state index in [1.165, 1.54) is 16.8 Å². The first-order valence-electron chi connectivity index (χ1n) is 10.5. The number of carbonyl (C=O) groups is 1. The maximum atomic E-state index is 13.2. The van der Waals surface area contributed by atoms with Gasteiger partial charge in [-0.25, -0.2) is 9.07 Å². The predicted octanol–water partition coefficient (Wildman–Crippen LogP) is 5.62. The highest BCUT2D eigenvalue weighted by molar-refractivity contribution is 6.33. The summed E-state index contributed by atoms with van der Waals surface area (Å²) in [5, 5.41) is 7.43. The number of halogens is 2. The third kappa shape index (κ3) is 5.66. The van der Waals surface area contributed by atoms with Crippen molar-refractivity contribution in [3.05, 3.63) is 118 Å². The molecule has 33 heavy (non-hydrogen) atoms. The number of hydrogen-bond acceptors (Lipinski definition) is 3. The predicted molar refractivity (Wildman–Crippen MR) is 126 cm³/mol. The molecule has 168 valence electrons. The minimum absolute atomic E-state index is 0.180. The van der Waals surface area contributed by atoms with Gasteiger partial charge in [-0.2, -0.15) is 5.10 Å². The lowest BCUT2D eigenvalue weighted by atomic mass is 10.1. The Morgan fingerprint density at radius 2 is 1.64 bits per heavy atom. The van der Waals surface area contributed by atoms with Gasteiger partial charge in [0.15, 0.2) is 0 Å². The lowest BCUT2D eigenvalue weighted by Crippen LogP contribution is -2.23. The van der Waals surface area contributed by atoms with Crippen LogP contribution in [0.15, 0.2) is 78.9 Å². The molecule has 1 amide bonds. The van der Waals surface area contributed by atoms with Crippen molar-refractivity contribution >= 4 is 17.5 Å². The van der Waals surface area contributed by atoms with E-state index in [9.17, 15) is 9.18 Å². The molecule has 0 saturated heterocycles. The van der Waals surface area contributed by atoms with Gasteiger partial charge in [0, 0.05) is 6.54 Å². The Hall–Kier alpha value is -3.48. The number of hydrogen-bond donors (Lipinski definition) is 1. The zero-order valence-electron chi connectivity index (χ0n) is 18.1. The number of nitrogens with one attached hydrogen (secondary N) is 1. The monoisotopic (exact) mass is 463 g/mol. The van der Waals surface area contributed by atoms with Crippen LogP contribution in [0.2, 0.25) is 5.15 Å². The van der Waals surface area contributed by atoms with Gasteiger partial charge in [-0.05, 0) is 47.9 Å². The number of nitrogens with zero attached hydrogens (tertiary/aromatic N) is 2. The third-order valence-corrected chi connectivity index (χ3v) is 5.48. The van der Waals surface area contributed by atoms with Crippen LogP contribution in [0.3, 0.4) is 0 Å². The average Bonchev–Trinajstić information content (AvgIpc) is 3.13. The summed E-state index contributed by atoms with van der Waals surface area (Å²) in [5.41, 5.74) is 4.45. The molecular weight excluding hydrogens is 441 g/mol. The number of ether oxygens (including phenoxy) is 1. The summed E-state index contributed by atoms with van der Waals surface area (Å²) in [6, 6.07) is 23.6. The summed E-state index contributed by atoms with van der Waals surface area (Å²) in [5.74, 6) is -0.680. The molecule has 0 unspecified atom stereocenters. The van der Waals surface area contributed by atoms with Crippen LogP contribution in [0.5, 0.6) is 0 Å². The van der Waals surface area contributed by atoms with Crippen LogP contribution in [-0.4, -0.2) is 15.7 Å². The Labute approximate surface area is 196 Å². The van der Waals surface area contributed by atoms with Crippen LogP contribution in [0.25, 0.3) is 5.69 Å². The van der Waals surface area contributed by atoms with E-state index in [4.69, 9.17) is 16.3 Å². The summed E-state index contributed by atoms with van der Waals surface area (Å²) < 4.78 is 20.4. The van der Waals surface area contributed by atoms with Gasteiger partial charge in [0.2, 0.25) is 0 Å². The minimum Gasteiger partial charge on any atom is -0.372 e. The Morgan fingerprint density at radius 3 is 2.39 bits per heavy atom. The molecule has 0 radical (unpaired) electrons. The third-order valence-electron chi connectivity index (χ3n) is 5.13. The van der Waals surface area contributed by atoms with Gasteiger partial charge in [0.25, 0.3) is 5.91 Å². The van der Waals surface area contributed by atoms with Crippen molar-refractivity contribution in [1.29, 1.82) is 0 Å². The van der Waals surface area contributed by atoms with Crippen LogP contribution in [0.1, 0.15) is 32.7 Å². The summed E-state index contributed by atoms with van der Waals surface area (Å²) >= 11 is 6.44. The molecule has 7 heteroatoms. The number of aryl methyl sites for hydroxylation is 1. The number of rotatable bonds is 8. The first kappa shape index (κ1) is 22.7. The topological polar surface area (TPSA) is 56.2 Å². The first-order valence-corrected chi connectivity index (χ1v) is 10.9. The highest BCUT2D eigenvalue weighted by Crippen LogP contribution is 2.24. The molecule has 0 atom stereocenters. The molecule has 0 aliphatic carbocycles. The number of carbonyl (C=O) groups excluding carboxylic acids is 1. The molecule has 0 saturated carbocycles. The second kappa shape index (κ2) is 10.4. The van der Waals surface area contributed by atoms with E-state index in [1.54, 1.807) is 19.1 Å². The highest BCUT2D eigenvalue weighted by Gasteiger charge is 2.21. The van der Waals surface area contributed by atoms with E-state index in [2.05, 4.69) is 10.4 Å². The van der Waals surface area contributed by atoms with Gasteiger partial charge in [0.1, 0.15) is 11.0 Å². The molecule has 1 N–H and O–H groups in total. The zero-order chi connectivity index (χ0) is 23.2. The Bertz CT molecular complexity index is 1240. The summed E-state index contributed by atoms with van der Waals surface area (Å²) in [6.45, 7) is 3.07. The van der Waals surface area contributed by atoms with Crippen LogP contribution in [0, 0.1) is 12.7 Å². The summed E-state index contributed by atoms with van der Waals surface area (Å²) in [7, 11) is 0.